The van der Waals surface area contributed by atoms with Crippen LogP contribution in [0, 0.1) is 0 Å². The Morgan fingerprint density at radius 1 is 0.426 bits per heavy atom. The van der Waals surface area contributed by atoms with Crippen LogP contribution < -0.4 is 4.90 Å². The Labute approximate surface area is 275 Å². The van der Waals surface area contributed by atoms with Gasteiger partial charge in [0.2, 0.25) is 0 Å². The molecule has 0 aliphatic heterocycles. The summed E-state index contributed by atoms with van der Waals surface area (Å²) in [5.41, 5.74) is 7.49. The number of fused-ring (bicyclic) bond motifs is 10. The van der Waals surface area contributed by atoms with Crippen LogP contribution in [0.2, 0.25) is 0 Å². The molecule has 2 nitrogen and oxygen atoms in total. The fraction of sp³-hybridized carbons (Fsp3) is 0. The normalized spacial score (nSPS) is 11.8. The van der Waals surface area contributed by atoms with Crippen molar-refractivity contribution in [2.45, 2.75) is 0 Å². The van der Waals surface area contributed by atoms with Crippen LogP contribution in [0.15, 0.2) is 168 Å². The van der Waals surface area contributed by atoms with Crippen molar-refractivity contribution in [2.75, 3.05) is 4.90 Å². The second-order valence-electron chi connectivity index (χ2n) is 12.1. The van der Waals surface area contributed by atoms with Crippen molar-refractivity contribution in [3.8, 4) is 11.1 Å². The molecule has 8 aromatic carbocycles. The van der Waals surface area contributed by atoms with E-state index >= 15 is 0 Å². The van der Waals surface area contributed by atoms with Crippen molar-refractivity contribution >= 4 is 92.1 Å². The zero-order valence-electron chi connectivity index (χ0n) is 25.4. The average Bonchev–Trinajstić information content (AvgIpc) is 3.70. The summed E-state index contributed by atoms with van der Waals surface area (Å²) >= 11 is 1.87. The van der Waals surface area contributed by atoms with Crippen molar-refractivity contribution in [1.82, 2.24) is 0 Å². The standard InChI is InChI=1S/C44H27NOS/c1-2-12-31(13-3-1)45(32-20-17-30(18-21-32)35-16-8-11-28-9-4-6-14-34(28)35)33-22-24-37-40(27-33)46-39-25-26-41-43(42(37)39)38-23-19-29-10-5-7-15-36(29)44(38)47-41/h1-27H. The van der Waals surface area contributed by atoms with Gasteiger partial charge in [0, 0.05) is 54.1 Å². The number of para-hydroxylation sites is 1. The minimum absolute atomic E-state index is 0.887. The zero-order chi connectivity index (χ0) is 30.9. The number of rotatable bonds is 4. The lowest BCUT2D eigenvalue weighted by molar-refractivity contribution is 0.669. The van der Waals surface area contributed by atoms with Crippen molar-refractivity contribution < 1.29 is 4.42 Å². The van der Waals surface area contributed by atoms with Crippen LogP contribution in [0.25, 0.3) is 74.8 Å². The zero-order valence-corrected chi connectivity index (χ0v) is 26.2. The summed E-state index contributed by atoms with van der Waals surface area (Å²) in [7, 11) is 0. The molecule has 0 saturated carbocycles. The molecule has 3 heteroatoms. The molecule has 0 unspecified atom stereocenters. The van der Waals surface area contributed by atoms with Crippen molar-refractivity contribution in [3.05, 3.63) is 164 Å². The van der Waals surface area contributed by atoms with Gasteiger partial charge in [-0.3, -0.25) is 0 Å². The molecule has 0 amide bonds. The van der Waals surface area contributed by atoms with E-state index in [4.69, 9.17) is 4.42 Å². The van der Waals surface area contributed by atoms with Gasteiger partial charge in [-0.25, -0.2) is 0 Å². The van der Waals surface area contributed by atoms with Gasteiger partial charge in [-0.05, 0) is 81.2 Å². The van der Waals surface area contributed by atoms with Gasteiger partial charge >= 0.3 is 0 Å². The smallest absolute Gasteiger partial charge is 0.137 e. The molecule has 0 spiro atoms. The molecular weight excluding hydrogens is 591 g/mol. The van der Waals surface area contributed by atoms with Gasteiger partial charge in [-0.1, -0.05) is 109 Å². The van der Waals surface area contributed by atoms with E-state index in [2.05, 4.69) is 169 Å². The third kappa shape index (κ3) is 4.10. The maximum absolute atomic E-state index is 6.62. The van der Waals surface area contributed by atoms with Gasteiger partial charge in [0.25, 0.3) is 0 Å². The number of furan rings is 1. The van der Waals surface area contributed by atoms with E-state index in [1.807, 2.05) is 11.3 Å². The van der Waals surface area contributed by atoms with E-state index in [1.165, 1.54) is 58.2 Å². The lowest BCUT2D eigenvalue weighted by Gasteiger charge is -2.25. The Kier molecular flexibility index (Phi) is 5.78. The fourth-order valence-electron chi connectivity index (χ4n) is 7.28. The predicted molar refractivity (Wildman–Crippen MR) is 202 cm³/mol. The lowest BCUT2D eigenvalue weighted by Crippen LogP contribution is -2.09. The molecule has 2 aromatic heterocycles. The van der Waals surface area contributed by atoms with Crippen LogP contribution in [0.5, 0.6) is 0 Å². The molecule has 0 aliphatic carbocycles. The minimum Gasteiger partial charge on any atom is -0.456 e. The summed E-state index contributed by atoms with van der Waals surface area (Å²) in [6.45, 7) is 0. The van der Waals surface area contributed by atoms with Crippen LogP contribution in [0.3, 0.4) is 0 Å². The Bertz CT molecular complexity index is 2790. The summed E-state index contributed by atoms with van der Waals surface area (Å²) in [5, 5.41) is 9.99. The predicted octanol–water partition coefficient (Wildman–Crippen LogP) is 13.4. The second kappa shape index (κ2) is 10.3. The highest BCUT2D eigenvalue weighted by molar-refractivity contribution is 7.27. The first-order valence-corrected chi connectivity index (χ1v) is 16.7. The Balaban J connectivity index is 1.13. The molecule has 0 radical (unpaired) electrons. The van der Waals surface area contributed by atoms with Gasteiger partial charge in [-0.2, -0.15) is 0 Å². The molecule has 0 fully saturated rings. The largest absolute Gasteiger partial charge is 0.456 e. The third-order valence-electron chi connectivity index (χ3n) is 9.44. The van der Waals surface area contributed by atoms with E-state index in [-0.39, 0.29) is 0 Å². The Morgan fingerprint density at radius 3 is 1.96 bits per heavy atom. The highest BCUT2D eigenvalue weighted by Crippen LogP contribution is 2.46. The number of nitrogens with zero attached hydrogens (tertiary/aromatic N) is 1. The third-order valence-corrected chi connectivity index (χ3v) is 10.6. The van der Waals surface area contributed by atoms with Gasteiger partial charge in [0.1, 0.15) is 11.2 Å². The summed E-state index contributed by atoms with van der Waals surface area (Å²) in [6, 6.07) is 58.8. The average molecular weight is 618 g/mol. The molecule has 0 bridgehead atoms. The molecule has 10 rings (SSSR count). The van der Waals surface area contributed by atoms with E-state index in [0.29, 0.717) is 0 Å². The summed E-state index contributed by atoms with van der Waals surface area (Å²) in [5.74, 6) is 0. The van der Waals surface area contributed by atoms with Crippen LogP contribution in [0.1, 0.15) is 0 Å². The fourth-order valence-corrected chi connectivity index (χ4v) is 8.53. The minimum atomic E-state index is 0.887. The van der Waals surface area contributed by atoms with Crippen molar-refractivity contribution in [1.29, 1.82) is 0 Å². The number of hydrogen-bond acceptors (Lipinski definition) is 3. The number of hydrogen-bond donors (Lipinski definition) is 0. The van der Waals surface area contributed by atoms with E-state index < -0.39 is 0 Å². The van der Waals surface area contributed by atoms with Gasteiger partial charge in [0.15, 0.2) is 0 Å². The number of anilines is 3. The molecule has 10 aromatic rings. The molecule has 0 atom stereocenters. The molecule has 0 N–H and O–H groups in total. The van der Waals surface area contributed by atoms with Gasteiger partial charge in [-0.15, -0.1) is 11.3 Å². The quantitative estimate of drug-likeness (QED) is 0.195. The first-order chi connectivity index (χ1) is 23.3. The first kappa shape index (κ1) is 26.3. The van der Waals surface area contributed by atoms with E-state index in [9.17, 15) is 0 Å². The Morgan fingerprint density at radius 2 is 1.11 bits per heavy atom. The second-order valence-corrected chi connectivity index (χ2v) is 13.2. The summed E-state index contributed by atoms with van der Waals surface area (Å²) < 4.78 is 9.24. The number of benzene rings is 8. The molecule has 220 valence electrons. The summed E-state index contributed by atoms with van der Waals surface area (Å²) in [6.07, 6.45) is 0. The molecule has 0 saturated heterocycles. The monoisotopic (exact) mass is 617 g/mol. The Hall–Kier alpha value is -5.90. The van der Waals surface area contributed by atoms with Gasteiger partial charge in [0.05, 0.1) is 0 Å². The molecular formula is C44H27NOS. The SMILES string of the molecule is c1ccc(N(c2ccc(-c3cccc4ccccc34)cc2)c2ccc3c(c2)oc2ccc4sc5c6ccccc6ccc5c4c23)cc1. The lowest BCUT2D eigenvalue weighted by atomic mass is 9.98. The molecule has 2 heterocycles. The highest BCUT2D eigenvalue weighted by Gasteiger charge is 2.19. The van der Waals surface area contributed by atoms with Gasteiger partial charge < -0.3 is 9.32 Å². The van der Waals surface area contributed by atoms with Crippen LogP contribution >= 0.6 is 11.3 Å². The highest BCUT2D eigenvalue weighted by atomic mass is 32.1. The molecule has 0 aliphatic rings. The summed E-state index contributed by atoms with van der Waals surface area (Å²) in [4.78, 5) is 2.31. The van der Waals surface area contributed by atoms with Crippen molar-refractivity contribution in [2.24, 2.45) is 0 Å². The van der Waals surface area contributed by atoms with Crippen LogP contribution in [0.4, 0.5) is 17.1 Å². The maximum atomic E-state index is 6.62. The van der Waals surface area contributed by atoms with Crippen LogP contribution in [-0.4, -0.2) is 0 Å². The van der Waals surface area contributed by atoms with E-state index in [0.717, 1.165) is 33.6 Å². The maximum Gasteiger partial charge on any atom is 0.137 e. The first-order valence-electron chi connectivity index (χ1n) is 15.9. The molecule has 47 heavy (non-hydrogen) atoms. The topological polar surface area (TPSA) is 16.4 Å². The number of thiophene rings is 1. The van der Waals surface area contributed by atoms with E-state index in [1.54, 1.807) is 0 Å². The van der Waals surface area contributed by atoms with Crippen LogP contribution in [-0.2, 0) is 0 Å². The van der Waals surface area contributed by atoms with Crippen molar-refractivity contribution in [3.63, 3.8) is 0 Å².